The van der Waals surface area contributed by atoms with Gasteiger partial charge in [0.15, 0.2) is 6.61 Å². The van der Waals surface area contributed by atoms with Crippen LogP contribution in [0.1, 0.15) is 11.1 Å². The number of anilines is 2. The molecule has 2 aromatic rings. The van der Waals surface area contributed by atoms with Gasteiger partial charge in [-0.2, -0.15) is 0 Å². The van der Waals surface area contributed by atoms with Crippen LogP contribution >= 0.6 is 15.9 Å². The van der Waals surface area contributed by atoms with E-state index < -0.39 is 0 Å². The minimum atomic E-state index is -0.226. The molecule has 21 heavy (non-hydrogen) atoms. The quantitative estimate of drug-likeness (QED) is 0.828. The van der Waals surface area contributed by atoms with Crippen LogP contribution in [0.2, 0.25) is 0 Å². The average molecular weight is 349 g/mol. The molecule has 0 heterocycles. The molecule has 0 fully saturated rings. The number of carbonyl (C=O) groups excluding carboxylic acids is 1. The van der Waals surface area contributed by atoms with Crippen molar-refractivity contribution >= 4 is 33.2 Å². The number of nitrogen functional groups attached to an aromatic ring is 1. The Morgan fingerprint density at radius 2 is 2.00 bits per heavy atom. The Labute approximate surface area is 132 Å². The van der Waals surface area contributed by atoms with E-state index in [9.17, 15) is 4.79 Å². The molecule has 0 unspecified atom stereocenters. The van der Waals surface area contributed by atoms with Crippen LogP contribution in [0, 0.1) is 13.8 Å². The Morgan fingerprint density at radius 3 is 2.71 bits per heavy atom. The Morgan fingerprint density at radius 1 is 1.24 bits per heavy atom. The number of aryl methyl sites for hydroxylation is 2. The highest BCUT2D eigenvalue weighted by molar-refractivity contribution is 9.10. The maximum atomic E-state index is 11.9. The summed E-state index contributed by atoms with van der Waals surface area (Å²) in [5.74, 6) is 0.413. The van der Waals surface area contributed by atoms with E-state index in [0.29, 0.717) is 17.1 Å². The van der Waals surface area contributed by atoms with Crippen LogP contribution in [0.25, 0.3) is 0 Å². The monoisotopic (exact) mass is 348 g/mol. The molecule has 0 radical (unpaired) electrons. The maximum Gasteiger partial charge on any atom is 0.262 e. The first-order valence-corrected chi connectivity index (χ1v) is 7.30. The molecule has 0 spiro atoms. The zero-order valence-corrected chi connectivity index (χ0v) is 13.5. The normalized spacial score (nSPS) is 10.2. The van der Waals surface area contributed by atoms with E-state index in [4.69, 9.17) is 10.5 Å². The smallest absolute Gasteiger partial charge is 0.262 e. The molecule has 4 nitrogen and oxygen atoms in total. The predicted molar refractivity (Wildman–Crippen MR) is 88.6 cm³/mol. The van der Waals surface area contributed by atoms with E-state index >= 15 is 0 Å². The van der Waals surface area contributed by atoms with E-state index in [1.165, 1.54) is 0 Å². The minimum Gasteiger partial charge on any atom is -0.483 e. The van der Waals surface area contributed by atoms with Crippen molar-refractivity contribution in [1.29, 1.82) is 0 Å². The summed E-state index contributed by atoms with van der Waals surface area (Å²) in [6.07, 6.45) is 0. The second kappa shape index (κ2) is 6.63. The van der Waals surface area contributed by atoms with E-state index in [2.05, 4.69) is 21.2 Å². The minimum absolute atomic E-state index is 0.0596. The van der Waals surface area contributed by atoms with Crippen molar-refractivity contribution in [3.63, 3.8) is 0 Å². The lowest BCUT2D eigenvalue weighted by atomic mass is 10.2. The highest BCUT2D eigenvalue weighted by Crippen LogP contribution is 2.25. The largest absolute Gasteiger partial charge is 0.483 e. The lowest BCUT2D eigenvalue weighted by molar-refractivity contribution is -0.118. The Bertz CT molecular complexity index is 671. The molecule has 2 aromatic carbocycles. The summed E-state index contributed by atoms with van der Waals surface area (Å²) < 4.78 is 6.33. The van der Waals surface area contributed by atoms with Gasteiger partial charge in [0.05, 0.1) is 4.47 Å². The summed E-state index contributed by atoms with van der Waals surface area (Å²) in [4.78, 5) is 11.9. The summed E-state index contributed by atoms with van der Waals surface area (Å²) >= 11 is 3.41. The van der Waals surface area contributed by atoms with Gasteiger partial charge in [0.25, 0.3) is 5.91 Å². The van der Waals surface area contributed by atoms with Crippen molar-refractivity contribution < 1.29 is 9.53 Å². The Kier molecular flexibility index (Phi) is 4.85. The fourth-order valence-electron chi connectivity index (χ4n) is 1.83. The van der Waals surface area contributed by atoms with Gasteiger partial charge in [0.2, 0.25) is 0 Å². The third-order valence-electron chi connectivity index (χ3n) is 2.98. The van der Waals surface area contributed by atoms with Crippen molar-refractivity contribution in [3.05, 3.63) is 52.0 Å². The number of nitrogens with one attached hydrogen (secondary N) is 1. The molecule has 0 aromatic heterocycles. The fourth-order valence-corrected chi connectivity index (χ4v) is 2.43. The van der Waals surface area contributed by atoms with Crippen LogP contribution in [0.5, 0.6) is 5.75 Å². The third-order valence-corrected chi connectivity index (χ3v) is 3.60. The van der Waals surface area contributed by atoms with E-state index in [-0.39, 0.29) is 12.5 Å². The standard InChI is InChI=1S/C16H17BrN2O2/c1-10-3-6-15(13(17)7-10)21-9-16(20)19-14-8-12(18)5-4-11(14)2/h3-8H,9,18H2,1-2H3,(H,19,20). The highest BCUT2D eigenvalue weighted by atomic mass is 79.9. The van der Waals surface area contributed by atoms with Gasteiger partial charge in [-0.1, -0.05) is 12.1 Å². The van der Waals surface area contributed by atoms with Gasteiger partial charge < -0.3 is 15.8 Å². The number of carbonyl (C=O) groups is 1. The summed E-state index contributed by atoms with van der Waals surface area (Å²) in [5.41, 5.74) is 9.10. The Balaban J connectivity index is 1.97. The molecular weight excluding hydrogens is 332 g/mol. The van der Waals surface area contributed by atoms with Crippen molar-refractivity contribution in [1.82, 2.24) is 0 Å². The zero-order chi connectivity index (χ0) is 15.4. The number of nitrogens with two attached hydrogens (primary N) is 1. The van der Waals surface area contributed by atoms with Crippen molar-refractivity contribution in [3.8, 4) is 5.75 Å². The topological polar surface area (TPSA) is 64.3 Å². The molecule has 0 atom stereocenters. The molecule has 0 aliphatic heterocycles. The predicted octanol–water partition coefficient (Wildman–Crippen LogP) is 3.67. The molecule has 0 saturated heterocycles. The van der Waals surface area contributed by atoms with Gasteiger partial charge in [-0.25, -0.2) is 0 Å². The average Bonchev–Trinajstić information content (AvgIpc) is 2.42. The van der Waals surface area contributed by atoms with Gasteiger partial charge in [-0.05, 0) is 65.2 Å². The van der Waals surface area contributed by atoms with Gasteiger partial charge in [0, 0.05) is 11.4 Å². The van der Waals surface area contributed by atoms with Gasteiger partial charge >= 0.3 is 0 Å². The maximum absolute atomic E-state index is 11.9. The summed E-state index contributed by atoms with van der Waals surface area (Å²) in [7, 11) is 0. The SMILES string of the molecule is Cc1ccc(OCC(=O)Nc2cc(N)ccc2C)c(Br)c1. The molecule has 0 aliphatic carbocycles. The van der Waals surface area contributed by atoms with Gasteiger partial charge in [-0.15, -0.1) is 0 Å². The third kappa shape index (κ3) is 4.23. The van der Waals surface area contributed by atoms with Crippen molar-refractivity contribution in [2.24, 2.45) is 0 Å². The number of benzene rings is 2. The number of rotatable bonds is 4. The highest BCUT2D eigenvalue weighted by Gasteiger charge is 2.08. The first kappa shape index (κ1) is 15.4. The van der Waals surface area contributed by atoms with Crippen LogP contribution in [0.3, 0.4) is 0 Å². The molecule has 5 heteroatoms. The molecule has 0 bridgehead atoms. The zero-order valence-electron chi connectivity index (χ0n) is 11.9. The van der Waals surface area contributed by atoms with E-state index in [1.807, 2.05) is 38.1 Å². The molecule has 0 saturated carbocycles. The van der Waals surface area contributed by atoms with Crippen LogP contribution in [-0.2, 0) is 4.79 Å². The molecule has 3 N–H and O–H groups in total. The van der Waals surface area contributed by atoms with Gasteiger partial charge in [0.1, 0.15) is 5.75 Å². The van der Waals surface area contributed by atoms with Crippen molar-refractivity contribution in [2.45, 2.75) is 13.8 Å². The molecular formula is C16H17BrN2O2. The summed E-state index contributed by atoms with van der Waals surface area (Å²) in [6, 6.07) is 11.1. The number of halogens is 1. The van der Waals surface area contributed by atoms with Crippen LogP contribution < -0.4 is 15.8 Å². The van der Waals surface area contributed by atoms with Gasteiger partial charge in [-0.3, -0.25) is 4.79 Å². The molecule has 1 amide bonds. The number of hydrogen-bond donors (Lipinski definition) is 2. The summed E-state index contributed by atoms with van der Waals surface area (Å²) in [6.45, 7) is 3.84. The van der Waals surface area contributed by atoms with E-state index in [1.54, 1.807) is 12.1 Å². The first-order valence-electron chi connectivity index (χ1n) is 6.50. The second-order valence-corrected chi connectivity index (χ2v) is 5.70. The summed E-state index contributed by atoms with van der Waals surface area (Å²) in [5, 5.41) is 2.79. The van der Waals surface area contributed by atoms with Crippen molar-refractivity contribution in [2.75, 3.05) is 17.7 Å². The number of ether oxygens (including phenoxy) is 1. The number of hydrogen-bond acceptors (Lipinski definition) is 3. The molecule has 0 aliphatic rings. The van der Waals surface area contributed by atoms with Crippen LogP contribution in [0.4, 0.5) is 11.4 Å². The molecule has 2 rings (SSSR count). The Hall–Kier alpha value is -2.01. The van der Waals surface area contributed by atoms with Crippen LogP contribution in [-0.4, -0.2) is 12.5 Å². The number of amides is 1. The first-order chi connectivity index (χ1) is 9.95. The fraction of sp³-hybridized carbons (Fsp3) is 0.188. The molecule has 110 valence electrons. The van der Waals surface area contributed by atoms with Crippen LogP contribution in [0.15, 0.2) is 40.9 Å². The van der Waals surface area contributed by atoms with E-state index in [0.717, 1.165) is 15.6 Å². The lowest BCUT2D eigenvalue weighted by Crippen LogP contribution is -2.20. The lowest BCUT2D eigenvalue weighted by Gasteiger charge is -2.11. The second-order valence-electron chi connectivity index (χ2n) is 4.85.